The highest BCUT2D eigenvalue weighted by atomic mass is 35.5. The number of carbonyl (C=O) groups is 1. The van der Waals surface area contributed by atoms with Crippen LogP contribution in [0.5, 0.6) is 0 Å². The molecule has 0 saturated heterocycles. The number of nitro benzene ring substituents is 1. The lowest BCUT2D eigenvalue weighted by Gasteiger charge is -2.15. The largest absolute Gasteiger partial charge is 0.351 e. The maximum Gasteiger partial charge on any atom is 0.288 e. The van der Waals surface area contributed by atoms with Gasteiger partial charge >= 0.3 is 0 Å². The highest BCUT2D eigenvalue weighted by Crippen LogP contribution is 2.60. The fourth-order valence-electron chi connectivity index (χ4n) is 2.77. The van der Waals surface area contributed by atoms with Gasteiger partial charge in [0.25, 0.3) is 11.6 Å². The van der Waals surface area contributed by atoms with Gasteiger partial charge in [-0.15, -0.1) is 0 Å². The van der Waals surface area contributed by atoms with Crippen LogP contribution < -0.4 is 5.32 Å². The van der Waals surface area contributed by atoms with Crippen molar-refractivity contribution in [2.45, 2.75) is 25.7 Å². The van der Waals surface area contributed by atoms with Gasteiger partial charge in [-0.05, 0) is 43.1 Å². The van der Waals surface area contributed by atoms with Crippen LogP contribution in [-0.4, -0.2) is 17.4 Å². The minimum Gasteiger partial charge on any atom is -0.351 e. The van der Waals surface area contributed by atoms with E-state index in [1.165, 1.54) is 43.9 Å². The number of hydrogen-bond donors (Lipinski definition) is 1. The molecular formula is C14H15ClN2O3. The van der Waals surface area contributed by atoms with Gasteiger partial charge in [0.1, 0.15) is 5.02 Å². The first-order chi connectivity index (χ1) is 9.53. The van der Waals surface area contributed by atoms with Gasteiger partial charge in [-0.3, -0.25) is 14.9 Å². The van der Waals surface area contributed by atoms with E-state index in [1.807, 2.05) is 0 Å². The molecule has 0 heterocycles. The Kier molecular flexibility index (Phi) is 3.17. The third kappa shape index (κ3) is 2.38. The quantitative estimate of drug-likeness (QED) is 0.669. The van der Waals surface area contributed by atoms with Crippen molar-refractivity contribution in [1.29, 1.82) is 0 Å². The molecule has 106 valence electrons. The molecule has 0 aliphatic heterocycles. The first kappa shape index (κ1) is 13.4. The Morgan fingerprint density at radius 3 is 2.70 bits per heavy atom. The van der Waals surface area contributed by atoms with Crippen molar-refractivity contribution in [2.24, 2.45) is 11.3 Å². The summed E-state index contributed by atoms with van der Waals surface area (Å²) >= 11 is 5.94. The monoisotopic (exact) mass is 294 g/mol. The second-order valence-corrected chi connectivity index (χ2v) is 6.09. The first-order valence-electron chi connectivity index (χ1n) is 6.75. The summed E-state index contributed by atoms with van der Waals surface area (Å²) < 4.78 is 0. The van der Waals surface area contributed by atoms with Crippen LogP contribution >= 0.6 is 11.6 Å². The van der Waals surface area contributed by atoms with E-state index in [0.29, 0.717) is 12.0 Å². The first-order valence-corrected chi connectivity index (χ1v) is 7.12. The van der Waals surface area contributed by atoms with Gasteiger partial charge < -0.3 is 5.32 Å². The lowest BCUT2D eigenvalue weighted by Crippen LogP contribution is -2.31. The van der Waals surface area contributed by atoms with Crippen molar-refractivity contribution in [1.82, 2.24) is 5.32 Å². The molecule has 0 aromatic heterocycles. The summed E-state index contributed by atoms with van der Waals surface area (Å²) in [4.78, 5) is 22.4. The van der Waals surface area contributed by atoms with Gasteiger partial charge in [0, 0.05) is 12.6 Å². The van der Waals surface area contributed by atoms with Crippen molar-refractivity contribution >= 4 is 23.2 Å². The average molecular weight is 295 g/mol. The summed E-state index contributed by atoms with van der Waals surface area (Å²) in [5.41, 5.74) is 0.234. The van der Waals surface area contributed by atoms with Gasteiger partial charge in [0.05, 0.1) is 10.5 Å². The SMILES string of the molecule is O=C(NCC1(C2CC2)CC1)c1cccc([N+](=O)[O-])c1Cl. The van der Waals surface area contributed by atoms with Gasteiger partial charge in [-0.25, -0.2) is 0 Å². The summed E-state index contributed by atoms with van der Waals surface area (Å²) in [7, 11) is 0. The van der Waals surface area contributed by atoms with Crippen LogP contribution in [0.3, 0.4) is 0 Å². The predicted octanol–water partition coefficient (Wildman–Crippen LogP) is 3.17. The van der Waals surface area contributed by atoms with Gasteiger partial charge in [0.15, 0.2) is 0 Å². The molecule has 0 atom stereocenters. The summed E-state index contributed by atoms with van der Waals surface area (Å²) in [6, 6.07) is 4.29. The number of carbonyl (C=O) groups excluding carboxylic acids is 1. The molecule has 1 aromatic rings. The number of benzene rings is 1. The molecule has 1 N–H and O–H groups in total. The van der Waals surface area contributed by atoms with Crippen molar-refractivity contribution in [3.05, 3.63) is 38.9 Å². The van der Waals surface area contributed by atoms with E-state index in [-0.39, 0.29) is 22.2 Å². The van der Waals surface area contributed by atoms with E-state index in [1.54, 1.807) is 0 Å². The Bertz CT molecular complexity index is 580. The highest BCUT2D eigenvalue weighted by molar-refractivity contribution is 6.35. The zero-order chi connectivity index (χ0) is 14.3. The van der Waals surface area contributed by atoms with Crippen LogP contribution in [0, 0.1) is 21.4 Å². The highest BCUT2D eigenvalue weighted by Gasteiger charge is 2.53. The molecular weight excluding hydrogens is 280 g/mol. The van der Waals surface area contributed by atoms with Gasteiger partial charge in [-0.2, -0.15) is 0 Å². The summed E-state index contributed by atoms with van der Waals surface area (Å²) in [5, 5.41) is 13.6. The molecule has 5 nitrogen and oxygen atoms in total. The van der Waals surface area contributed by atoms with Gasteiger partial charge in [0.2, 0.25) is 0 Å². The molecule has 20 heavy (non-hydrogen) atoms. The Morgan fingerprint density at radius 2 is 2.15 bits per heavy atom. The van der Waals surface area contributed by atoms with Crippen LogP contribution in [0.1, 0.15) is 36.0 Å². The fraction of sp³-hybridized carbons (Fsp3) is 0.500. The van der Waals surface area contributed by atoms with Crippen LogP contribution in [-0.2, 0) is 0 Å². The number of amides is 1. The Hall–Kier alpha value is -1.62. The van der Waals surface area contributed by atoms with Crippen LogP contribution in [0.2, 0.25) is 5.02 Å². The molecule has 0 spiro atoms. The van der Waals surface area contributed by atoms with Crippen molar-refractivity contribution in [3.63, 3.8) is 0 Å². The van der Waals surface area contributed by atoms with Crippen molar-refractivity contribution in [3.8, 4) is 0 Å². The summed E-state index contributed by atoms with van der Waals surface area (Å²) in [5.74, 6) is 0.425. The van der Waals surface area contributed by atoms with E-state index in [9.17, 15) is 14.9 Å². The van der Waals surface area contributed by atoms with Crippen LogP contribution in [0.25, 0.3) is 0 Å². The third-order valence-corrected chi connectivity index (χ3v) is 4.75. The number of nitrogens with zero attached hydrogens (tertiary/aromatic N) is 1. The molecule has 0 radical (unpaired) electrons. The number of nitro groups is 1. The summed E-state index contributed by atoms with van der Waals surface area (Å²) in [6.07, 6.45) is 4.85. The average Bonchev–Trinajstić information content (AvgIpc) is 3.27. The maximum atomic E-state index is 12.1. The molecule has 1 amide bonds. The molecule has 0 bridgehead atoms. The second-order valence-electron chi connectivity index (χ2n) is 5.72. The Labute approximate surface area is 121 Å². The number of halogens is 1. The number of hydrogen-bond acceptors (Lipinski definition) is 3. The molecule has 3 rings (SSSR count). The zero-order valence-corrected chi connectivity index (χ0v) is 11.7. The normalized spacial score (nSPS) is 19.4. The van der Waals surface area contributed by atoms with Gasteiger partial charge in [-0.1, -0.05) is 17.7 Å². The molecule has 6 heteroatoms. The topological polar surface area (TPSA) is 72.2 Å². The molecule has 2 fully saturated rings. The minimum atomic E-state index is -0.578. The third-order valence-electron chi connectivity index (χ3n) is 4.36. The van der Waals surface area contributed by atoms with E-state index >= 15 is 0 Å². The van der Waals surface area contributed by atoms with E-state index in [0.717, 1.165) is 5.92 Å². The summed E-state index contributed by atoms with van der Waals surface area (Å²) in [6.45, 7) is 0.648. The molecule has 2 aliphatic rings. The molecule has 0 unspecified atom stereocenters. The molecule has 2 saturated carbocycles. The standard InChI is InChI=1S/C14H15ClN2O3/c15-12-10(2-1-3-11(12)17(19)20)13(18)16-8-14(6-7-14)9-4-5-9/h1-3,9H,4-8H2,(H,16,18). The molecule has 2 aliphatic carbocycles. The van der Waals surface area contributed by atoms with Crippen LogP contribution in [0.15, 0.2) is 18.2 Å². The zero-order valence-electron chi connectivity index (χ0n) is 10.9. The number of nitrogens with one attached hydrogen (secondary N) is 1. The van der Waals surface area contributed by atoms with Crippen molar-refractivity contribution in [2.75, 3.05) is 6.54 Å². The fourth-order valence-corrected chi connectivity index (χ4v) is 3.05. The Morgan fingerprint density at radius 1 is 1.45 bits per heavy atom. The lowest BCUT2D eigenvalue weighted by molar-refractivity contribution is -0.384. The second kappa shape index (κ2) is 4.74. The lowest BCUT2D eigenvalue weighted by atomic mass is 10.0. The van der Waals surface area contributed by atoms with Crippen molar-refractivity contribution < 1.29 is 9.72 Å². The Balaban J connectivity index is 1.71. The van der Waals surface area contributed by atoms with Crippen LogP contribution in [0.4, 0.5) is 5.69 Å². The predicted molar refractivity (Wildman–Crippen MR) is 74.8 cm³/mol. The number of rotatable bonds is 5. The minimum absolute atomic E-state index is 0.0914. The molecule has 1 aromatic carbocycles. The maximum absolute atomic E-state index is 12.1. The van der Waals surface area contributed by atoms with E-state index < -0.39 is 4.92 Å². The van der Waals surface area contributed by atoms with E-state index in [2.05, 4.69) is 5.32 Å². The smallest absolute Gasteiger partial charge is 0.288 e. The van der Waals surface area contributed by atoms with E-state index in [4.69, 9.17) is 11.6 Å².